The minimum absolute atomic E-state index is 0.556. The largest absolute Gasteiger partial charge is 0.390 e. The average Bonchev–Trinajstić information content (AvgIpc) is 1.76. The van der Waals surface area contributed by atoms with E-state index in [1.165, 1.54) is 0 Å². The first kappa shape index (κ1) is 12.0. The molecule has 0 aromatic heterocycles. The number of hydrogen-bond acceptors (Lipinski definition) is 2. The highest BCUT2D eigenvalue weighted by Crippen LogP contribution is 2.11. The Morgan fingerprint density at radius 3 is 2.08 bits per heavy atom. The molecule has 0 aromatic rings. The Bertz CT molecular complexity index is 105. The molecule has 0 saturated heterocycles. The minimum atomic E-state index is -0.595. The van der Waals surface area contributed by atoms with Crippen molar-refractivity contribution in [2.24, 2.45) is 0 Å². The van der Waals surface area contributed by atoms with Crippen molar-refractivity contribution < 1.29 is 9.84 Å². The van der Waals surface area contributed by atoms with Crippen LogP contribution in [0.5, 0.6) is 0 Å². The van der Waals surface area contributed by atoms with Crippen LogP contribution in [0, 0.1) is 0 Å². The van der Waals surface area contributed by atoms with Gasteiger partial charge in [-0.15, -0.1) is 0 Å². The zero-order valence-electron chi connectivity index (χ0n) is 8.55. The summed E-state index contributed by atoms with van der Waals surface area (Å²) < 4.78 is 5.29. The molecule has 0 bridgehead atoms. The summed E-state index contributed by atoms with van der Waals surface area (Å²) in [6.07, 6.45) is 1.58. The summed E-state index contributed by atoms with van der Waals surface area (Å²) in [6, 6.07) is 0. The molecule has 0 atom stereocenters. The van der Waals surface area contributed by atoms with E-state index in [1.807, 2.05) is 13.8 Å². The molecule has 0 saturated carbocycles. The lowest BCUT2D eigenvalue weighted by atomic mass is 9.86. The Hall–Kier alpha value is -0.0151. The lowest BCUT2D eigenvalue weighted by molar-refractivity contribution is 0.0202. The fourth-order valence-electron chi connectivity index (χ4n) is 0.840. The van der Waals surface area contributed by atoms with Gasteiger partial charge in [0, 0.05) is 12.1 Å². The Morgan fingerprint density at radius 2 is 1.75 bits per heavy atom. The zero-order chi connectivity index (χ0) is 9.83. The molecule has 0 aliphatic rings. The maximum absolute atomic E-state index is 9.36. The van der Waals surface area contributed by atoms with Gasteiger partial charge in [-0.3, -0.25) is 0 Å². The molecule has 2 radical (unpaired) electrons. The summed E-state index contributed by atoms with van der Waals surface area (Å²) in [5, 5.41) is 9.36. The Balaban J connectivity index is 3.35. The molecular formula is C9H19BO2. The molecule has 70 valence electrons. The van der Waals surface area contributed by atoms with E-state index in [9.17, 15) is 5.11 Å². The van der Waals surface area contributed by atoms with Crippen molar-refractivity contribution in [3.8, 4) is 0 Å². The predicted molar refractivity (Wildman–Crippen MR) is 51.3 cm³/mol. The van der Waals surface area contributed by atoms with E-state index in [1.54, 1.807) is 13.8 Å². The molecular weight excluding hydrogens is 151 g/mol. The third-order valence-electron chi connectivity index (χ3n) is 1.41. The van der Waals surface area contributed by atoms with Gasteiger partial charge in [0.1, 0.15) is 7.85 Å². The summed E-state index contributed by atoms with van der Waals surface area (Å²) in [5.41, 5.74) is -1.15. The van der Waals surface area contributed by atoms with Crippen molar-refractivity contribution in [2.75, 3.05) is 6.61 Å². The summed E-state index contributed by atoms with van der Waals surface area (Å²) in [6.45, 7) is 7.82. The lowest BCUT2D eigenvalue weighted by Crippen LogP contribution is -2.26. The number of ether oxygens (including phenoxy) is 1. The summed E-state index contributed by atoms with van der Waals surface area (Å²) in [4.78, 5) is 0. The van der Waals surface area contributed by atoms with Gasteiger partial charge in [0.05, 0.1) is 5.60 Å². The molecule has 0 aliphatic carbocycles. The van der Waals surface area contributed by atoms with E-state index in [2.05, 4.69) is 0 Å². The monoisotopic (exact) mass is 170 g/mol. The van der Waals surface area contributed by atoms with Crippen molar-refractivity contribution in [3.05, 3.63) is 0 Å². The molecule has 0 unspecified atom stereocenters. The van der Waals surface area contributed by atoms with E-state index >= 15 is 0 Å². The van der Waals surface area contributed by atoms with Crippen LogP contribution >= 0.6 is 0 Å². The number of aliphatic hydroxyl groups is 1. The van der Waals surface area contributed by atoms with Crippen molar-refractivity contribution in [1.29, 1.82) is 0 Å². The van der Waals surface area contributed by atoms with Crippen molar-refractivity contribution in [1.82, 2.24) is 0 Å². The molecule has 3 heteroatoms. The second-order valence-electron chi connectivity index (χ2n) is 4.37. The molecule has 0 spiro atoms. The lowest BCUT2D eigenvalue weighted by Gasteiger charge is -2.22. The first-order valence-corrected chi connectivity index (χ1v) is 4.36. The second-order valence-corrected chi connectivity index (χ2v) is 4.37. The smallest absolute Gasteiger partial charge is 0.112 e. The fourth-order valence-corrected chi connectivity index (χ4v) is 0.840. The third-order valence-corrected chi connectivity index (χ3v) is 1.41. The quantitative estimate of drug-likeness (QED) is 0.499. The minimum Gasteiger partial charge on any atom is -0.390 e. The third kappa shape index (κ3) is 9.98. The number of rotatable bonds is 5. The highest BCUT2D eigenvalue weighted by Gasteiger charge is 2.13. The summed E-state index contributed by atoms with van der Waals surface area (Å²) >= 11 is 0. The van der Waals surface area contributed by atoms with Crippen LogP contribution < -0.4 is 0 Å². The van der Waals surface area contributed by atoms with Crippen LogP contribution in [0.25, 0.3) is 0 Å². The van der Waals surface area contributed by atoms with Crippen LogP contribution in [0.15, 0.2) is 0 Å². The molecule has 1 N–H and O–H groups in total. The molecule has 0 rings (SSSR count). The van der Waals surface area contributed by atoms with Crippen molar-refractivity contribution >= 4 is 7.85 Å². The highest BCUT2D eigenvalue weighted by molar-refractivity contribution is 6.13. The van der Waals surface area contributed by atoms with Crippen LogP contribution in [0.2, 0.25) is 0 Å². The van der Waals surface area contributed by atoms with Gasteiger partial charge in [-0.25, -0.2) is 0 Å². The maximum atomic E-state index is 9.36. The van der Waals surface area contributed by atoms with Gasteiger partial charge >= 0.3 is 0 Å². The Kier molecular flexibility index (Phi) is 4.28. The Morgan fingerprint density at radius 1 is 1.25 bits per heavy atom. The van der Waals surface area contributed by atoms with E-state index in [4.69, 9.17) is 12.6 Å². The van der Waals surface area contributed by atoms with Gasteiger partial charge in [-0.1, -0.05) is 0 Å². The molecule has 2 nitrogen and oxygen atoms in total. The van der Waals surface area contributed by atoms with Gasteiger partial charge in [0.15, 0.2) is 0 Å². The van der Waals surface area contributed by atoms with Crippen LogP contribution in [0.1, 0.15) is 40.5 Å². The Labute approximate surface area is 76.7 Å². The fraction of sp³-hybridized carbons (Fsp3) is 1.00. The van der Waals surface area contributed by atoms with Gasteiger partial charge in [0.2, 0.25) is 0 Å². The van der Waals surface area contributed by atoms with Crippen LogP contribution in [0.3, 0.4) is 0 Å². The maximum Gasteiger partial charge on any atom is 0.112 e. The van der Waals surface area contributed by atoms with Gasteiger partial charge < -0.3 is 9.84 Å². The first-order valence-electron chi connectivity index (χ1n) is 4.36. The summed E-state index contributed by atoms with van der Waals surface area (Å²) in [5.74, 6) is 0. The standard InChI is InChI=1S/C9H19BO2/c1-8(2,11)6-5-7-12-9(3,4)10/h11H,5-7H2,1-4H3. The molecule has 12 heavy (non-hydrogen) atoms. The molecule has 0 heterocycles. The van der Waals surface area contributed by atoms with Gasteiger partial charge in [0.25, 0.3) is 0 Å². The number of hydrogen-bond donors (Lipinski definition) is 1. The zero-order valence-corrected chi connectivity index (χ0v) is 8.55. The van der Waals surface area contributed by atoms with Crippen LogP contribution in [0.4, 0.5) is 0 Å². The van der Waals surface area contributed by atoms with Crippen LogP contribution in [-0.4, -0.2) is 30.7 Å². The average molecular weight is 170 g/mol. The molecule has 0 aromatic carbocycles. The van der Waals surface area contributed by atoms with Crippen molar-refractivity contribution in [2.45, 2.75) is 51.6 Å². The first-order chi connectivity index (χ1) is 5.21. The predicted octanol–water partition coefficient (Wildman–Crippen LogP) is 1.46. The van der Waals surface area contributed by atoms with Gasteiger partial charge in [-0.05, 0) is 40.5 Å². The second kappa shape index (κ2) is 4.29. The van der Waals surface area contributed by atoms with E-state index < -0.39 is 11.1 Å². The topological polar surface area (TPSA) is 29.5 Å². The molecule has 0 amide bonds. The van der Waals surface area contributed by atoms with Crippen LogP contribution in [-0.2, 0) is 4.74 Å². The molecule has 0 aliphatic heterocycles. The van der Waals surface area contributed by atoms with E-state index in [0.717, 1.165) is 12.8 Å². The highest BCUT2D eigenvalue weighted by atomic mass is 16.5. The normalized spacial score (nSPS) is 13.4. The van der Waals surface area contributed by atoms with E-state index in [-0.39, 0.29) is 0 Å². The van der Waals surface area contributed by atoms with E-state index in [0.29, 0.717) is 6.61 Å². The molecule has 0 fully saturated rings. The summed E-state index contributed by atoms with van der Waals surface area (Å²) in [7, 11) is 5.60. The SMILES string of the molecule is [B]C(C)(C)OCCCC(C)(C)O. The van der Waals surface area contributed by atoms with Gasteiger partial charge in [-0.2, -0.15) is 0 Å². The van der Waals surface area contributed by atoms with Crippen molar-refractivity contribution in [3.63, 3.8) is 0 Å².